The zero-order chi connectivity index (χ0) is 18.0. The van der Waals surface area contributed by atoms with E-state index < -0.39 is 5.91 Å². The highest BCUT2D eigenvalue weighted by Crippen LogP contribution is 2.34. The van der Waals surface area contributed by atoms with Gasteiger partial charge in [0, 0.05) is 6.54 Å². The van der Waals surface area contributed by atoms with Crippen LogP contribution >= 0.6 is 11.3 Å². The van der Waals surface area contributed by atoms with Gasteiger partial charge in [-0.05, 0) is 43.4 Å². The fourth-order valence-corrected chi connectivity index (χ4v) is 3.61. The molecule has 3 rings (SSSR count). The summed E-state index contributed by atoms with van der Waals surface area (Å²) in [5, 5.41) is 0.798. The topological polar surface area (TPSA) is 85.5 Å². The van der Waals surface area contributed by atoms with Crippen LogP contribution in [-0.2, 0) is 4.79 Å². The molecule has 1 aromatic heterocycles. The first-order valence-electron chi connectivity index (χ1n) is 8.17. The first kappa shape index (κ1) is 17.4. The number of thiazole rings is 1. The van der Waals surface area contributed by atoms with Crippen molar-refractivity contribution in [3.05, 3.63) is 35.0 Å². The van der Waals surface area contributed by atoms with Crippen LogP contribution in [0, 0.1) is 12.8 Å². The maximum atomic E-state index is 13.0. The number of carbonyl (C=O) groups excluding carboxylic acids is 2. The van der Waals surface area contributed by atoms with Crippen molar-refractivity contribution < 1.29 is 14.3 Å². The molecule has 1 aliphatic rings. The SMILES string of the molecule is COc1cccc(-c2sc(C)nc2C(=O)N(CC(N)=O)CC2CC2)c1. The molecule has 0 saturated heterocycles. The van der Waals surface area contributed by atoms with Gasteiger partial charge in [0.15, 0.2) is 0 Å². The van der Waals surface area contributed by atoms with Crippen molar-refractivity contribution in [2.24, 2.45) is 11.7 Å². The Hall–Kier alpha value is -2.41. The first-order valence-corrected chi connectivity index (χ1v) is 8.99. The van der Waals surface area contributed by atoms with Crippen molar-refractivity contribution in [2.75, 3.05) is 20.2 Å². The Labute approximate surface area is 150 Å². The van der Waals surface area contributed by atoms with E-state index >= 15 is 0 Å². The van der Waals surface area contributed by atoms with E-state index in [4.69, 9.17) is 10.5 Å². The lowest BCUT2D eigenvalue weighted by atomic mass is 10.1. The predicted octanol–water partition coefficient (Wildman–Crippen LogP) is 2.46. The highest BCUT2D eigenvalue weighted by Gasteiger charge is 2.30. The average Bonchev–Trinajstić information content (AvgIpc) is 3.32. The van der Waals surface area contributed by atoms with Crippen molar-refractivity contribution in [2.45, 2.75) is 19.8 Å². The third-order valence-corrected chi connectivity index (χ3v) is 5.10. The Kier molecular flexibility index (Phi) is 5.03. The molecule has 132 valence electrons. The minimum atomic E-state index is -0.510. The van der Waals surface area contributed by atoms with Crippen molar-refractivity contribution in [3.63, 3.8) is 0 Å². The molecule has 1 aromatic carbocycles. The van der Waals surface area contributed by atoms with Gasteiger partial charge < -0.3 is 15.4 Å². The van der Waals surface area contributed by atoms with Crippen LogP contribution in [0.25, 0.3) is 10.4 Å². The summed E-state index contributed by atoms with van der Waals surface area (Å²) in [4.78, 5) is 31.2. The minimum absolute atomic E-state index is 0.0799. The molecule has 0 aliphatic heterocycles. The Morgan fingerprint density at radius 3 is 2.80 bits per heavy atom. The van der Waals surface area contributed by atoms with Gasteiger partial charge in [0.2, 0.25) is 5.91 Å². The normalized spacial score (nSPS) is 13.5. The Bertz CT molecular complexity index is 799. The van der Waals surface area contributed by atoms with Crippen LogP contribution in [0.3, 0.4) is 0 Å². The number of nitrogens with two attached hydrogens (primary N) is 1. The lowest BCUT2D eigenvalue weighted by Crippen LogP contribution is -2.40. The molecule has 0 bridgehead atoms. The van der Waals surface area contributed by atoms with Crippen molar-refractivity contribution in [3.8, 4) is 16.2 Å². The van der Waals surface area contributed by atoms with Gasteiger partial charge in [0.05, 0.1) is 23.5 Å². The molecule has 1 fully saturated rings. The molecule has 2 amide bonds. The van der Waals surface area contributed by atoms with E-state index in [2.05, 4.69) is 4.98 Å². The molecule has 0 atom stereocenters. The van der Waals surface area contributed by atoms with Crippen LogP contribution in [0.2, 0.25) is 0 Å². The smallest absolute Gasteiger partial charge is 0.274 e. The second kappa shape index (κ2) is 7.23. The molecule has 2 N–H and O–H groups in total. The summed E-state index contributed by atoms with van der Waals surface area (Å²) < 4.78 is 5.27. The monoisotopic (exact) mass is 359 g/mol. The van der Waals surface area contributed by atoms with Crippen molar-refractivity contribution >= 4 is 23.2 Å². The van der Waals surface area contributed by atoms with Gasteiger partial charge in [-0.3, -0.25) is 9.59 Å². The summed E-state index contributed by atoms with van der Waals surface area (Å²) >= 11 is 1.46. The van der Waals surface area contributed by atoms with Crippen LogP contribution in [-0.4, -0.2) is 41.9 Å². The number of ether oxygens (including phenoxy) is 1. The van der Waals surface area contributed by atoms with Crippen LogP contribution < -0.4 is 10.5 Å². The lowest BCUT2D eigenvalue weighted by molar-refractivity contribution is -0.118. The Balaban J connectivity index is 1.94. The number of amides is 2. The maximum Gasteiger partial charge on any atom is 0.274 e. The number of nitrogens with zero attached hydrogens (tertiary/aromatic N) is 2. The van der Waals surface area contributed by atoms with E-state index in [9.17, 15) is 9.59 Å². The van der Waals surface area contributed by atoms with E-state index in [1.165, 1.54) is 16.2 Å². The quantitative estimate of drug-likeness (QED) is 0.823. The van der Waals surface area contributed by atoms with E-state index in [1.807, 2.05) is 31.2 Å². The summed E-state index contributed by atoms with van der Waals surface area (Å²) in [5.41, 5.74) is 6.58. The Morgan fingerprint density at radius 1 is 1.40 bits per heavy atom. The zero-order valence-electron chi connectivity index (χ0n) is 14.3. The summed E-state index contributed by atoms with van der Waals surface area (Å²) in [6, 6.07) is 7.53. The number of benzene rings is 1. The number of hydrogen-bond donors (Lipinski definition) is 1. The second-order valence-corrected chi connectivity index (χ2v) is 7.44. The van der Waals surface area contributed by atoms with Crippen LogP contribution in [0.1, 0.15) is 28.3 Å². The number of primary amides is 1. The third kappa shape index (κ3) is 4.17. The minimum Gasteiger partial charge on any atom is -0.497 e. The number of methoxy groups -OCH3 is 1. The van der Waals surface area contributed by atoms with Crippen molar-refractivity contribution in [1.82, 2.24) is 9.88 Å². The van der Waals surface area contributed by atoms with Crippen LogP contribution in [0.5, 0.6) is 5.75 Å². The van der Waals surface area contributed by atoms with Gasteiger partial charge in [0.25, 0.3) is 5.91 Å². The van der Waals surface area contributed by atoms with Gasteiger partial charge in [-0.1, -0.05) is 12.1 Å². The van der Waals surface area contributed by atoms with E-state index in [1.54, 1.807) is 7.11 Å². The summed E-state index contributed by atoms with van der Waals surface area (Å²) in [5.74, 6) is 0.425. The molecule has 25 heavy (non-hydrogen) atoms. The number of rotatable bonds is 7. The molecule has 0 spiro atoms. The third-order valence-electron chi connectivity index (χ3n) is 4.08. The lowest BCUT2D eigenvalue weighted by Gasteiger charge is -2.20. The first-order chi connectivity index (χ1) is 12.0. The number of hydrogen-bond acceptors (Lipinski definition) is 5. The molecule has 1 aliphatic carbocycles. The second-order valence-electron chi connectivity index (χ2n) is 6.24. The van der Waals surface area contributed by atoms with Crippen molar-refractivity contribution in [1.29, 1.82) is 0 Å². The van der Waals surface area contributed by atoms with Gasteiger partial charge in [-0.15, -0.1) is 11.3 Å². The molecule has 1 heterocycles. The molecule has 6 nitrogen and oxygen atoms in total. The summed E-state index contributed by atoms with van der Waals surface area (Å²) in [6.07, 6.45) is 2.17. The molecular weight excluding hydrogens is 338 g/mol. The molecule has 7 heteroatoms. The standard InChI is InChI=1S/C18H21N3O3S/c1-11-20-16(17(25-11)13-4-3-5-14(8-13)24-2)18(23)21(10-15(19)22)9-12-6-7-12/h3-5,8,12H,6-7,9-10H2,1-2H3,(H2,19,22). The number of aromatic nitrogens is 1. The highest BCUT2D eigenvalue weighted by molar-refractivity contribution is 7.15. The molecule has 1 saturated carbocycles. The van der Waals surface area contributed by atoms with E-state index in [0.29, 0.717) is 23.9 Å². The van der Waals surface area contributed by atoms with Gasteiger partial charge in [-0.2, -0.15) is 0 Å². The molecular formula is C18H21N3O3S. The molecule has 0 unspecified atom stereocenters. The molecule has 2 aromatic rings. The van der Waals surface area contributed by atoms with Gasteiger partial charge >= 0.3 is 0 Å². The van der Waals surface area contributed by atoms with E-state index in [-0.39, 0.29) is 12.5 Å². The Morgan fingerprint density at radius 2 is 2.16 bits per heavy atom. The number of carbonyl (C=O) groups is 2. The van der Waals surface area contributed by atoms with Gasteiger partial charge in [-0.25, -0.2) is 4.98 Å². The summed E-state index contributed by atoms with van der Waals surface area (Å²) in [7, 11) is 1.60. The van der Waals surface area contributed by atoms with E-state index in [0.717, 1.165) is 28.3 Å². The average molecular weight is 359 g/mol. The van der Waals surface area contributed by atoms with Gasteiger partial charge in [0.1, 0.15) is 11.4 Å². The maximum absolute atomic E-state index is 13.0. The fraction of sp³-hybridized carbons (Fsp3) is 0.389. The fourth-order valence-electron chi connectivity index (χ4n) is 2.70. The summed E-state index contributed by atoms with van der Waals surface area (Å²) in [6.45, 7) is 2.34. The largest absolute Gasteiger partial charge is 0.497 e. The molecule has 0 radical (unpaired) electrons. The van der Waals surface area contributed by atoms with Crippen LogP contribution in [0.4, 0.5) is 0 Å². The highest BCUT2D eigenvalue weighted by atomic mass is 32.1. The number of aryl methyl sites for hydroxylation is 1. The zero-order valence-corrected chi connectivity index (χ0v) is 15.1. The predicted molar refractivity (Wildman–Crippen MR) is 96.7 cm³/mol. The van der Waals surface area contributed by atoms with Crippen LogP contribution in [0.15, 0.2) is 24.3 Å².